The van der Waals surface area contributed by atoms with Gasteiger partial charge in [-0.3, -0.25) is 0 Å². The average Bonchev–Trinajstić information content (AvgIpc) is 2.26. The summed E-state index contributed by atoms with van der Waals surface area (Å²) < 4.78 is 37.0. The second-order valence-electron chi connectivity index (χ2n) is 3.93. The van der Waals surface area contributed by atoms with Gasteiger partial charge in [0.1, 0.15) is 0 Å². The fraction of sp³-hybridized carbons (Fsp3) is 0.500. The first-order valence-electron chi connectivity index (χ1n) is 5.27. The highest BCUT2D eigenvalue weighted by Gasteiger charge is 2.29. The summed E-state index contributed by atoms with van der Waals surface area (Å²) in [6.45, 7) is 1.61. The first-order chi connectivity index (χ1) is 7.93. The van der Waals surface area contributed by atoms with Crippen LogP contribution in [0.1, 0.15) is 11.1 Å². The monoisotopic (exact) mass is 263 g/mol. The van der Waals surface area contributed by atoms with Gasteiger partial charge in [0.15, 0.2) is 0 Å². The number of alkyl halides is 3. The van der Waals surface area contributed by atoms with Gasteiger partial charge in [-0.2, -0.15) is 24.9 Å². The summed E-state index contributed by atoms with van der Waals surface area (Å²) in [5.41, 5.74) is 0.314. The largest absolute Gasteiger partial charge is 0.416 e. The van der Waals surface area contributed by atoms with Crippen molar-refractivity contribution in [1.29, 1.82) is 0 Å². The van der Waals surface area contributed by atoms with Gasteiger partial charge >= 0.3 is 6.18 Å². The Bertz CT molecular complexity index is 335. The van der Waals surface area contributed by atoms with Crippen LogP contribution >= 0.6 is 11.8 Å². The van der Waals surface area contributed by atoms with Crippen molar-refractivity contribution in [2.45, 2.75) is 12.7 Å². The maximum absolute atomic E-state index is 12.3. The molecule has 0 unspecified atom stereocenters. The Hall–Kier alpha value is -0.680. The second kappa shape index (κ2) is 6.31. The zero-order valence-electron chi connectivity index (χ0n) is 9.92. The van der Waals surface area contributed by atoms with E-state index < -0.39 is 11.7 Å². The van der Waals surface area contributed by atoms with E-state index in [9.17, 15) is 13.2 Å². The smallest absolute Gasteiger partial charge is 0.301 e. The number of thioether (sulfide) groups is 1. The van der Waals surface area contributed by atoms with Crippen LogP contribution in [0.5, 0.6) is 0 Å². The number of halogens is 3. The molecule has 0 heterocycles. The minimum atomic E-state index is -4.25. The molecule has 0 bridgehead atoms. The van der Waals surface area contributed by atoms with E-state index >= 15 is 0 Å². The molecule has 1 nitrogen and oxygen atoms in total. The van der Waals surface area contributed by atoms with Gasteiger partial charge in [-0.15, -0.1) is 0 Å². The third-order valence-electron chi connectivity index (χ3n) is 2.41. The third-order valence-corrected chi connectivity index (χ3v) is 3.00. The highest BCUT2D eigenvalue weighted by atomic mass is 32.2. The number of hydrogen-bond donors (Lipinski definition) is 0. The number of benzene rings is 1. The van der Waals surface area contributed by atoms with Gasteiger partial charge < -0.3 is 4.90 Å². The maximum Gasteiger partial charge on any atom is 0.416 e. The third kappa shape index (κ3) is 5.00. The van der Waals surface area contributed by atoms with Crippen molar-refractivity contribution in [2.75, 3.05) is 25.6 Å². The fourth-order valence-corrected chi connectivity index (χ4v) is 1.93. The molecule has 0 amide bonds. The second-order valence-corrected chi connectivity index (χ2v) is 4.91. The van der Waals surface area contributed by atoms with Crippen molar-refractivity contribution in [3.05, 3.63) is 35.4 Å². The van der Waals surface area contributed by atoms with E-state index in [1.807, 2.05) is 13.3 Å². The predicted octanol–water partition coefficient (Wildman–Crippen LogP) is 3.50. The number of rotatable bonds is 5. The first-order valence-corrected chi connectivity index (χ1v) is 6.66. The Morgan fingerprint density at radius 1 is 1.18 bits per heavy atom. The Morgan fingerprint density at radius 3 is 2.24 bits per heavy atom. The zero-order valence-corrected chi connectivity index (χ0v) is 10.7. The molecule has 0 spiro atoms. The van der Waals surface area contributed by atoms with Crippen LogP contribution in [0.3, 0.4) is 0 Å². The summed E-state index contributed by atoms with van der Waals surface area (Å²) in [5.74, 6) is 1.02. The maximum atomic E-state index is 12.3. The van der Waals surface area contributed by atoms with Crippen molar-refractivity contribution in [3.8, 4) is 0 Å². The molecule has 96 valence electrons. The van der Waals surface area contributed by atoms with Gasteiger partial charge in [0.05, 0.1) is 5.56 Å². The number of hydrogen-bond acceptors (Lipinski definition) is 2. The quantitative estimate of drug-likeness (QED) is 0.800. The van der Waals surface area contributed by atoms with E-state index in [2.05, 4.69) is 4.90 Å². The van der Waals surface area contributed by atoms with E-state index in [1.54, 1.807) is 23.9 Å². The Morgan fingerprint density at radius 2 is 1.76 bits per heavy atom. The lowest BCUT2D eigenvalue weighted by Crippen LogP contribution is -2.20. The molecular weight excluding hydrogens is 247 g/mol. The van der Waals surface area contributed by atoms with Gasteiger partial charge in [-0.25, -0.2) is 0 Å². The van der Waals surface area contributed by atoms with Crippen molar-refractivity contribution < 1.29 is 13.2 Å². The molecule has 0 aliphatic carbocycles. The van der Waals surface area contributed by atoms with Crippen LogP contribution in [0.4, 0.5) is 13.2 Å². The molecular formula is C12H16F3NS. The molecule has 0 radical (unpaired) electrons. The molecule has 5 heteroatoms. The molecule has 0 aliphatic heterocycles. The topological polar surface area (TPSA) is 3.24 Å². The summed E-state index contributed by atoms with van der Waals surface area (Å²) in [6, 6.07) is 5.35. The van der Waals surface area contributed by atoms with E-state index in [-0.39, 0.29) is 0 Å². The molecule has 1 aromatic rings. The van der Waals surface area contributed by atoms with Crippen LogP contribution in [0.2, 0.25) is 0 Å². The summed E-state index contributed by atoms with van der Waals surface area (Å²) >= 11 is 1.76. The van der Waals surface area contributed by atoms with Crippen molar-refractivity contribution >= 4 is 11.8 Å². The minimum Gasteiger partial charge on any atom is -0.301 e. The molecule has 0 atom stereocenters. The lowest BCUT2D eigenvalue weighted by atomic mass is 10.1. The molecule has 0 aliphatic rings. The summed E-state index contributed by atoms with van der Waals surface area (Å²) in [7, 11) is 1.97. The Balaban J connectivity index is 2.56. The normalized spacial score (nSPS) is 12.1. The van der Waals surface area contributed by atoms with E-state index in [4.69, 9.17) is 0 Å². The van der Waals surface area contributed by atoms with Crippen molar-refractivity contribution in [3.63, 3.8) is 0 Å². The van der Waals surface area contributed by atoms with Crippen molar-refractivity contribution in [1.82, 2.24) is 4.90 Å². The van der Waals surface area contributed by atoms with Crippen molar-refractivity contribution in [2.24, 2.45) is 0 Å². The predicted molar refractivity (Wildman–Crippen MR) is 66.2 cm³/mol. The first kappa shape index (κ1) is 14.4. The SMILES string of the molecule is CSCCN(C)Cc1ccc(C(F)(F)F)cc1. The van der Waals surface area contributed by atoms with Gasteiger partial charge in [-0.1, -0.05) is 12.1 Å². The van der Waals surface area contributed by atoms with Gasteiger partial charge in [0.2, 0.25) is 0 Å². The average molecular weight is 263 g/mol. The van der Waals surface area contributed by atoms with Crippen LogP contribution < -0.4 is 0 Å². The summed E-state index contributed by atoms with van der Waals surface area (Å²) in [4.78, 5) is 2.10. The molecule has 0 aromatic heterocycles. The summed E-state index contributed by atoms with van der Waals surface area (Å²) in [6.07, 6.45) is -2.21. The lowest BCUT2D eigenvalue weighted by Gasteiger charge is -2.16. The van der Waals surface area contributed by atoms with Crippen LogP contribution in [0, 0.1) is 0 Å². The van der Waals surface area contributed by atoms with Gasteiger partial charge in [0.25, 0.3) is 0 Å². The summed E-state index contributed by atoms with van der Waals surface area (Å²) in [5, 5.41) is 0. The van der Waals surface area contributed by atoms with E-state index in [0.29, 0.717) is 6.54 Å². The van der Waals surface area contributed by atoms with Crippen LogP contribution in [-0.4, -0.2) is 30.5 Å². The Labute approximate surface area is 104 Å². The van der Waals surface area contributed by atoms with E-state index in [0.717, 1.165) is 30.0 Å². The minimum absolute atomic E-state index is 0.590. The van der Waals surface area contributed by atoms with E-state index in [1.165, 1.54) is 0 Å². The lowest BCUT2D eigenvalue weighted by molar-refractivity contribution is -0.137. The zero-order chi connectivity index (χ0) is 12.9. The highest BCUT2D eigenvalue weighted by Crippen LogP contribution is 2.29. The molecule has 0 fully saturated rings. The standard InChI is InChI=1S/C12H16F3NS/c1-16(7-8-17-2)9-10-3-5-11(6-4-10)12(13,14)15/h3-6H,7-9H2,1-2H3. The molecule has 0 saturated carbocycles. The van der Waals surface area contributed by atoms with Gasteiger partial charge in [-0.05, 0) is 31.0 Å². The highest BCUT2D eigenvalue weighted by molar-refractivity contribution is 7.98. The molecule has 0 N–H and O–H groups in total. The Kier molecular flexibility index (Phi) is 5.33. The molecule has 1 aromatic carbocycles. The number of nitrogens with zero attached hydrogens (tertiary/aromatic N) is 1. The van der Waals surface area contributed by atoms with Gasteiger partial charge in [0, 0.05) is 18.8 Å². The van der Waals surface area contributed by atoms with Crippen LogP contribution in [0.25, 0.3) is 0 Å². The molecule has 17 heavy (non-hydrogen) atoms. The van der Waals surface area contributed by atoms with Crippen LogP contribution in [0.15, 0.2) is 24.3 Å². The molecule has 1 rings (SSSR count). The van der Waals surface area contributed by atoms with Crippen LogP contribution in [-0.2, 0) is 12.7 Å². The molecule has 0 saturated heterocycles. The fourth-order valence-electron chi connectivity index (χ4n) is 1.44.